The molecule has 44 heavy (non-hydrogen) atoms. The minimum absolute atomic E-state index is 0.0445. The van der Waals surface area contributed by atoms with Gasteiger partial charge in [0.15, 0.2) is 0 Å². The molecular weight excluding hydrogens is 560 g/mol. The van der Waals surface area contributed by atoms with E-state index in [1.807, 2.05) is 73.6 Å². The topological polar surface area (TPSA) is 143 Å². The van der Waals surface area contributed by atoms with Gasteiger partial charge in [0.1, 0.15) is 18.1 Å². The lowest BCUT2D eigenvalue weighted by molar-refractivity contribution is -0.143. The molecule has 1 aliphatic carbocycles. The lowest BCUT2D eigenvalue weighted by Crippen LogP contribution is -2.45. The van der Waals surface area contributed by atoms with Crippen LogP contribution in [0.15, 0.2) is 65.3 Å². The van der Waals surface area contributed by atoms with Gasteiger partial charge in [0, 0.05) is 39.0 Å². The van der Waals surface area contributed by atoms with Crippen LogP contribution in [0.3, 0.4) is 0 Å². The van der Waals surface area contributed by atoms with Crippen molar-refractivity contribution in [3.05, 3.63) is 77.0 Å². The van der Waals surface area contributed by atoms with Crippen LogP contribution in [0.5, 0.6) is 0 Å². The SMILES string of the molecule is CN(C)c1ccc(C=C2N=C(/C=C/c3ccc(C(CCO)CCO)cc3)N(CC(=O)NC3CCC(C(=O)O)CC3)C2=O)cc1. The third-order valence-corrected chi connectivity index (χ3v) is 8.22. The predicted molar refractivity (Wildman–Crippen MR) is 171 cm³/mol. The monoisotopic (exact) mass is 602 g/mol. The molecule has 4 rings (SSSR count). The number of nitrogens with zero attached hydrogens (tertiary/aromatic N) is 3. The summed E-state index contributed by atoms with van der Waals surface area (Å²) in [5.74, 6) is -1.47. The van der Waals surface area contributed by atoms with E-state index in [1.54, 1.807) is 12.2 Å². The first-order valence-corrected chi connectivity index (χ1v) is 15.1. The van der Waals surface area contributed by atoms with Gasteiger partial charge in [-0.05, 0) is 85.4 Å². The maximum atomic E-state index is 13.5. The highest BCUT2D eigenvalue weighted by Gasteiger charge is 2.32. The van der Waals surface area contributed by atoms with Gasteiger partial charge in [0.2, 0.25) is 5.91 Å². The largest absolute Gasteiger partial charge is 0.481 e. The smallest absolute Gasteiger partial charge is 0.306 e. The van der Waals surface area contributed by atoms with E-state index in [4.69, 9.17) is 0 Å². The molecule has 0 aromatic heterocycles. The fourth-order valence-electron chi connectivity index (χ4n) is 5.62. The van der Waals surface area contributed by atoms with Crippen molar-refractivity contribution in [2.75, 3.05) is 38.8 Å². The van der Waals surface area contributed by atoms with Crippen molar-refractivity contribution in [3.63, 3.8) is 0 Å². The van der Waals surface area contributed by atoms with Crippen LogP contribution in [-0.4, -0.2) is 83.7 Å². The first-order valence-electron chi connectivity index (χ1n) is 15.1. The van der Waals surface area contributed by atoms with Crippen LogP contribution >= 0.6 is 0 Å². The molecular formula is C34H42N4O6. The summed E-state index contributed by atoms with van der Waals surface area (Å²) in [5.41, 5.74) is 3.95. The zero-order valence-corrected chi connectivity index (χ0v) is 25.4. The van der Waals surface area contributed by atoms with E-state index in [0.29, 0.717) is 44.4 Å². The molecule has 2 aromatic carbocycles. The van der Waals surface area contributed by atoms with E-state index in [0.717, 1.165) is 22.4 Å². The number of hydrogen-bond acceptors (Lipinski definition) is 7. The number of carboxylic acids is 1. The lowest BCUT2D eigenvalue weighted by atomic mass is 9.86. The fraction of sp³-hybridized carbons (Fsp3) is 0.412. The van der Waals surface area contributed by atoms with Gasteiger partial charge >= 0.3 is 5.97 Å². The van der Waals surface area contributed by atoms with E-state index in [-0.39, 0.29) is 55.1 Å². The van der Waals surface area contributed by atoms with Gasteiger partial charge in [0.25, 0.3) is 5.91 Å². The second-order valence-electron chi connectivity index (χ2n) is 11.6. The van der Waals surface area contributed by atoms with Crippen molar-refractivity contribution >= 4 is 41.5 Å². The Kier molecular flexibility index (Phi) is 11.5. The maximum absolute atomic E-state index is 13.5. The Morgan fingerprint density at radius 1 is 0.955 bits per heavy atom. The second-order valence-corrected chi connectivity index (χ2v) is 11.6. The molecule has 2 amide bonds. The minimum atomic E-state index is -0.800. The van der Waals surface area contributed by atoms with E-state index >= 15 is 0 Å². The molecule has 0 radical (unpaired) electrons. The number of aliphatic hydroxyl groups is 2. The summed E-state index contributed by atoms with van der Waals surface area (Å²) in [7, 11) is 3.90. The molecule has 0 saturated heterocycles. The van der Waals surface area contributed by atoms with Crippen LogP contribution < -0.4 is 10.2 Å². The lowest BCUT2D eigenvalue weighted by Gasteiger charge is -2.27. The average molecular weight is 603 g/mol. The third-order valence-electron chi connectivity index (χ3n) is 8.22. The van der Waals surface area contributed by atoms with Crippen molar-refractivity contribution in [1.82, 2.24) is 10.2 Å². The van der Waals surface area contributed by atoms with Crippen molar-refractivity contribution in [2.24, 2.45) is 10.9 Å². The number of amidine groups is 1. The van der Waals surface area contributed by atoms with Crippen LogP contribution in [0.2, 0.25) is 0 Å². The van der Waals surface area contributed by atoms with Crippen LogP contribution in [0.4, 0.5) is 5.69 Å². The van der Waals surface area contributed by atoms with Crippen LogP contribution in [0, 0.1) is 5.92 Å². The maximum Gasteiger partial charge on any atom is 0.306 e. The molecule has 4 N–H and O–H groups in total. The molecule has 10 nitrogen and oxygen atoms in total. The van der Waals surface area contributed by atoms with Gasteiger partial charge in [0.05, 0.1) is 5.92 Å². The van der Waals surface area contributed by atoms with Crippen LogP contribution in [0.1, 0.15) is 61.1 Å². The van der Waals surface area contributed by atoms with Crippen molar-refractivity contribution in [1.29, 1.82) is 0 Å². The number of nitrogens with one attached hydrogen (secondary N) is 1. The molecule has 2 aliphatic rings. The van der Waals surface area contributed by atoms with E-state index < -0.39 is 5.97 Å². The number of carbonyl (C=O) groups is 3. The molecule has 1 aliphatic heterocycles. The third kappa shape index (κ3) is 8.64. The number of carboxylic acid groups (broad SMARTS) is 1. The highest BCUT2D eigenvalue weighted by atomic mass is 16.4. The number of hydrogen-bond donors (Lipinski definition) is 4. The van der Waals surface area contributed by atoms with Gasteiger partial charge in [-0.2, -0.15) is 0 Å². The summed E-state index contributed by atoms with van der Waals surface area (Å²) in [6.45, 7) is -0.119. The molecule has 0 bridgehead atoms. The first-order chi connectivity index (χ1) is 21.2. The summed E-state index contributed by atoms with van der Waals surface area (Å²) in [5, 5.41) is 31.0. The number of anilines is 1. The summed E-state index contributed by atoms with van der Waals surface area (Å²) >= 11 is 0. The van der Waals surface area contributed by atoms with E-state index in [2.05, 4.69) is 10.3 Å². The van der Waals surface area contributed by atoms with Gasteiger partial charge in [-0.25, -0.2) is 4.99 Å². The van der Waals surface area contributed by atoms with Crippen LogP contribution in [-0.2, 0) is 14.4 Å². The molecule has 0 atom stereocenters. The fourth-order valence-corrected chi connectivity index (χ4v) is 5.62. The molecule has 2 aromatic rings. The van der Waals surface area contributed by atoms with E-state index in [9.17, 15) is 29.7 Å². The highest BCUT2D eigenvalue weighted by molar-refractivity contribution is 6.19. The van der Waals surface area contributed by atoms with Gasteiger partial charge in [-0.1, -0.05) is 42.5 Å². The van der Waals surface area contributed by atoms with Gasteiger partial charge in [-0.15, -0.1) is 0 Å². The van der Waals surface area contributed by atoms with Crippen molar-refractivity contribution in [3.8, 4) is 0 Å². The Labute approximate surface area is 258 Å². The summed E-state index contributed by atoms with van der Waals surface area (Å²) in [4.78, 5) is 45.8. The number of aliphatic carboxylic acids is 1. The number of rotatable bonds is 13. The Balaban J connectivity index is 1.52. The zero-order valence-electron chi connectivity index (χ0n) is 25.4. The molecule has 1 fully saturated rings. The molecule has 0 spiro atoms. The number of carbonyl (C=O) groups excluding carboxylic acids is 2. The Morgan fingerprint density at radius 3 is 2.14 bits per heavy atom. The molecule has 234 valence electrons. The second kappa shape index (κ2) is 15.4. The quantitative estimate of drug-likeness (QED) is 0.256. The minimum Gasteiger partial charge on any atom is -0.481 e. The molecule has 1 heterocycles. The number of amides is 2. The van der Waals surface area contributed by atoms with E-state index in [1.165, 1.54) is 4.90 Å². The average Bonchev–Trinajstić information content (AvgIpc) is 3.29. The molecule has 0 unspecified atom stereocenters. The van der Waals surface area contributed by atoms with Gasteiger partial charge < -0.3 is 25.5 Å². The van der Waals surface area contributed by atoms with Crippen molar-refractivity contribution < 1.29 is 29.7 Å². The number of benzene rings is 2. The molecule has 1 saturated carbocycles. The zero-order chi connectivity index (χ0) is 31.6. The summed E-state index contributed by atoms with van der Waals surface area (Å²) in [6.07, 6.45) is 8.58. The Hall–Kier alpha value is -4.28. The Bertz CT molecular complexity index is 1380. The highest BCUT2D eigenvalue weighted by Crippen LogP contribution is 2.26. The predicted octanol–water partition coefficient (Wildman–Crippen LogP) is 3.66. The first kappa shape index (κ1) is 32.6. The summed E-state index contributed by atoms with van der Waals surface area (Å²) < 4.78 is 0. The normalized spacial score (nSPS) is 19.6. The standard InChI is InChI=1S/C34H42N4O6/c1-37(2)29-14-5-24(6-15-29)21-30-33(42)38(22-32(41)35-28-12-10-27(11-13-28)34(43)44)31(36-30)16-7-23-3-8-25(9-4-23)26(17-19-39)18-20-40/h3-9,14-16,21,26-28,39-40H,10-13,17-20,22H2,1-2H3,(H,35,41)(H,43,44)/b16-7+,30-21?. The van der Waals surface area contributed by atoms with Crippen molar-refractivity contribution in [2.45, 2.75) is 50.5 Å². The number of aliphatic hydroxyl groups excluding tert-OH is 2. The molecule has 10 heteroatoms. The van der Waals surface area contributed by atoms with Crippen LogP contribution in [0.25, 0.3) is 12.2 Å². The Morgan fingerprint density at radius 2 is 1.57 bits per heavy atom. The number of aliphatic imine (C=N–C) groups is 1. The van der Waals surface area contributed by atoms with Gasteiger partial charge in [-0.3, -0.25) is 19.3 Å². The summed E-state index contributed by atoms with van der Waals surface area (Å²) in [6, 6.07) is 15.4.